The van der Waals surface area contributed by atoms with Gasteiger partial charge < -0.3 is 10.0 Å². The lowest BCUT2D eigenvalue weighted by Crippen LogP contribution is -2.36. The third-order valence-corrected chi connectivity index (χ3v) is 3.88. The van der Waals surface area contributed by atoms with Crippen LogP contribution in [0.1, 0.15) is 30.2 Å². The molecule has 0 radical (unpaired) electrons. The minimum Gasteiger partial charge on any atom is -0.395 e. The van der Waals surface area contributed by atoms with Gasteiger partial charge in [0, 0.05) is 37.5 Å². The van der Waals surface area contributed by atoms with Gasteiger partial charge in [-0.1, -0.05) is 18.8 Å². The summed E-state index contributed by atoms with van der Waals surface area (Å²) < 4.78 is 0. The standard InChI is InChI=1S/C16H24N2O2S/c1-4-9-18(13-16(20)17(2)3)12-15-14(8-11-21-15)7-5-6-10-19/h8,11,19H,4,6,9-10,12-13H2,1-3H3. The number of likely N-dealkylation sites (N-methyl/N-ethyl adjacent to an activating group) is 1. The van der Waals surface area contributed by atoms with Crippen LogP contribution in [0.4, 0.5) is 0 Å². The highest BCUT2D eigenvalue weighted by Crippen LogP contribution is 2.18. The molecule has 0 fully saturated rings. The second-order valence-corrected chi connectivity index (χ2v) is 6.03. The highest BCUT2D eigenvalue weighted by molar-refractivity contribution is 7.10. The first-order valence-corrected chi connectivity index (χ1v) is 8.05. The summed E-state index contributed by atoms with van der Waals surface area (Å²) in [5.74, 6) is 6.17. The van der Waals surface area contributed by atoms with Crippen LogP contribution in [0.2, 0.25) is 0 Å². The average Bonchev–Trinajstić information content (AvgIpc) is 2.86. The molecular formula is C16H24N2O2S. The fraction of sp³-hybridized carbons (Fsp3) is 0.562. The second-order valence-electron chi connectivity index (χ2n) is 5.03. The Morgan fingerprint density at radius 2 is 2.19 bits per heavy atom. The number of carbonyl (C=O) groups is 1. The molecule has 0 aliphatic rings. The second kappa shape index (κ2) is 9.56. The van der Waals surface area contributed by atoms with Gasteiger partial charge in [0.05, 0.1) is 13.2 Å². The van der Waals surface area contributed by atoms with Crippen molar-refractivity contribution in [2.24, 2.45) is 0 Å². The van der Waals surface area contributed by atoms with Crippen LogP contribution in [0.25, 0.3) is 0 Å². The lowest BCUT2D eigenvalue weighted by molar-refractivity contribution is -0.130. The Labute approximate surface area is 131 Å². The molecule has 1 heterocycles. The normalized spacial score (nSPS) is 10.3. The largest absolute Gasteiger partial charge is 0.395 e. The summed E-state index contributed by atoms with van der Waals surface area (Å²) in [6, 6.07) is 2.00. The molecule has 116 valence electrons. The van der Waals surface area contributed by atoms with Gasteiger partial charge in [-0.25, -0.2) is 0 Å². The molecule has 0 unspecified atom stereocenters. The molecule has 0 bridgehead atoms. The maximum atomic E-state index is 11.9. The van der Waals surface area contributed by atoms with Crippen LogP contribution < -0.4 is 0 Å². The Bertz CT molecular complexity index is 500. The molecule has 0 saturated carbocycles. The van der Waals surface area contributed by atoms with E-state index in [1.54, 1.807) is 30.3 Å². The van der Waals surface area contributed by atoms with Crippen LogP contribution in [-0.4, -0.2) is 54.6 Å². The van der Waals surface area contributed by atoms with Crippen LogP contribution in [0.15, 0.2) is 11.4 Å². The Kier molecular flexibility index (Phi) is 8.06. The molecule has 0 spiro atoms. The molecule has 5 heteroatoms. The first-order chi connectivity index (χ1) is 10.1. The molecule has 0 aliphatic heterocycles. The fourth-order valence-electron chi connectivity index (χ4n) is 1.85. The number of carbonyl (C=O) groups excluding carboxylic acids is 1. The fourth-order valence-corrected chi connectivity index (χ4v) is 2.73. The zero-order valence-electron chi connectivity index (χ0n) is 13.1. The van der Waals surface area contributed by atoms with Gasteiger partial charge in [0.25, 0.3) is 0 Å². The van der Waals surface area contributed by atoms with Crippen molar-refractivity contribution in [1.29, 1.82) is 0 Å². The topological polar surface area (TPSA) is 43.8 Å². The van der Waals surface area contributed by atoms with Gasteiger partial charge in [-0.05, 0) is 24.4 Å². The van der Waals surface area contributed by atoms with Gasteiger partial charge in [0.2, 0.25) is 5.91 Å². The van der Waals surface area contributed by atoms with Gasteiger partial charge in [0.15, 0.2) is 0 Å². The number of aliphatic hydroxyl groups excluding tert-OH is 1. The van der Waals surface area contributed by atoms with Gasteiger partial charge in [-0.15, -0.1) is 11.3 Å². The molecule has 0 aliphatic carbocycles. The molecule has 1 aromatic rings. The summed E-state index contributed by atoms with van der Waals surface area (Å²) in [5, 5.41) is 10.8. The first-order valence-electron chi connectivity index (χ1n) is 7.17. The zero-order valence-corrected chi connectivity index (χ0v) is 13.9. The van der Waals surface area contributed by atoms with E-state index < -0.39 is 0 Å². The maximum Gasteiger partial charge on any atom is 0.236 e. The van der Waals surface area contributed by atoms with Crippen LogP contribution in [0.3, 0.4) is 0 Å². The number of hydrogen-bond acceptors (Lipinski definition) is 4. The number of hydrogen-bond donors (Lipinski definition) is 1. The van der Waals surface area contributed by atoms with Crippen molar-refractivity contribution in [1.82, 2.24) is 9.80 Å². The highest BCUT2D eigenvalue weighted by Gasteiger charge is 2.14. The molecule has 1 aromatic heterocycles. The Hall–Kier alpha value is -1.35. The third-order valence-electron chi connectivity index (χ3n) is 2.97. The number of thiophene rings is 1. The Morgan fingerprint density at radius 3 is 2.81 bits per heavy atom. The summed E-state index contributed by atoms with van der Waals surface area (Å²) in [7, 11) is 3.56. The molecule has 0 atom stereocenters. The molecule has 4 nitrogen and oxygen atoms in total. The smallest absolute Gasteiger partial charge is 0.236 e. The van der Waals surface area contributed by atoms with Crippen molar-refractivity contribution in [2.45, 2.75) is 26.3 Å². The van der Waals surface area contributed by atoms with Gasteiger partial charge in [-0.2, -0.15) is 0 Å². The predicted octanol–water partition coefficient (Wildman–Crippen LogP) is 1.78. The molecule has 1 amide bonds. The SMILES string of the molecule is CCCN(CC(=O)N(C)C)Cc1sccc1C#CCCO. The Morgan fingerprint density at radius 1 is 1.43 bits per heavy atom. The van der Waals surface area contributed by atoms with E-state index in [1.165, 1.54) is 4.88 Å². The average molecular weight is 308 g/mol. The highest BCUT2D eigenvalue weighted by atomic mass is 32.1. The quantitative estimate of drug-likeness (QED) is 0.781. The molecule has 21 heavy (non-hydrogen) atoms. The number of nitrogens with zero attached hydrogens (tertiary/aromatic N) is 2. The summed E-state index contributed by atoms with van der Waals surface area (Å²) in [6.07, 6.45) is 1.50. The van der Waals surface area contributed by atoms with E-state index >= 15 is 0 Å². The monoisotopic (exact) mass is 308 g/mol. The zero-order chi connectivity index (χ0) is 15.7. The number of rotatable bonds is 7. The van der Waals surface area contributed by atoms with E-state index in [0.29, 0.717) is 13.0 Å². The summed E-state index contributed by atoms with van der Waals surface area (Å²) in [5.41, 5.74) is 1.01. The van der Waals surface area contributed by atoms with Crippen LogP contribution >= 0.6 is 11.3 Å². The molecule has 0 aromatic carbocycles. The Balaban J connectivity index is 2.73. The lowest BCUT2D eigenvalue weighted by Gasteiger charge is -2.22. The summed E-state index contributed by atoms with van der Waals surface area (Å²) in [6.45, 7) is 4.27. The van der Waals surface area contributed by atoms with E-state index in [1.807, 2.05) is 11.4 Å². The summed E-state index contributed by atoms with van der Waals surface area (Å²) in [4.78, 5) is 16.8. The van der Waals surface area contributed by atoms with Gasteiger partial charge in [0.1, 0.15) is 0 Å². The van der Waals surface area contributed by atoms with Crippen molar-refractivity contribution >= 4 is 17.2 Å². The van der Waals surface area contributed by atoms with Gasteiger partial charge >= 0.3 is 0 Å². The summed E-state index contributed by atoms with van der Waals surface area (Å²) >= 11 is 1.67. The van der Waals surface area contributed by atoms with Crippen molar-refractivity contribution in [3.63, 3.8) is 0 Å². The van der Waals surface area contributed by atoms with E-state index in [9.17, 15) is 4.79 Å². The van der Waals surface area contributed by atoms with E-state index in [2.05, 4.69) is 23.7 Å². The van der Waals surface area contributed by atoms with Crippen molar-refractivity contribution in [2.75, 3.05) is 33.8 Å². The van der Waals surface area contributed by atoms with Crippen molar-refractivity contribution in [3.05, 3.63) is 21.9 Å². The maximum absolute atomic E-state index is 11.9. The van der Waals surface area contributed by atoms with E-state index in [4.69, 9.17) is 5.11 Å². The number of amides is 1. The molecule has 1 N–H and O–H groups in total. The van der Waals surface area contributed by atoms with Crippen LogP contribution in [0.5, 0.6) is 0 Å². The first kappa shape index (κ1) is 17.7. The third kappa shape index (κ3) is 6.30. The van der Waals surface area contributed by atoms with Gasteiger partial charge in [-0.3, -0.25) is 9.69 Å². The molecule has 1 rings (SSSR count). The molecule has 0 saturated heterocycles. The molecular weight excluding hydrogens is 284 g/mol. The number of aliphatic hydroxyl groups is 1. The van der Waals surface area contributed by atoms with Crippen molar-refractivity contribution in [3.8, 4) is 11.8 Å². The van der Waals surface area contributed by atoms with Crippen LogP contribution in [-0.2, 0) is 11.3 Å². The predicted molar refractivity (Wildman–Crippen MR) is 87.2 cm³/mol. The lowest BCUT2D eigenvalue weighted by atomic mass is 10.2. The van der Waals surface area contributed by atoms with Crippen molar-refractivity contribution < 1.29 is 9.90 Å². The minimum atomic E-state index is 0.0891. The minimum absolute atomic E-state index is 0.0891. The van der Waals surface area contributed by atoms with Crippen LogP contribution in [0, 0.1) is 11.8 Å². The van der Waals surface area contributed by atoms with E-state index in [0.717, 1.165) is 25.1 Å². The van der Waals surface area contributed by atoms with E-state index in [-0.39, 0.29) is 12.5 Å².